The van der Waals surface area contributed by atoms with Crippen molar-refractivity contribution in [3.05, 3.63) is 0 Å². The zero-order valence-corrected chi connectivity index (χ0v) is 7.16. The molecule has 0 aromatic heterocycles. The number of aliphatic hydroxyl groups is 2. The van der Waals surface area contributed by atoms with E-state index in [1.54, 1.807) is 0 Å². The maximum atomic E-state index is 11.1. The van der Waals surface area contributed by atoms with Gasteiger partial charge in [0, 0.05) is 13.6 Å². The molecule has 0 radical (unpaired) electrons. The van der Waals surface area contributed by atoms with Crippen molar-refractivity contribution in [3.63, 3.8) is 0 Å². The van der Waals surface area contributed by atoms with Crippen LogP contribution >= 0.6 is 0 Å². The largest absolute Gasteiger partial charge is 0.395 e. The zero-order valence-electron chi connectivity index (χ0n) is 7.16. The molecule has 0 aliphatic rings. The Kier molecular flexibility index (Phi) is 3.48. The summed E-state index contributed by atoms with van der Waals surface area (Å²) in [4.78, 5) is 12.4. The highest BCUT2D eigenvalue weighted by molar-refractivity contribution is 5.83. The SMILES string of the molecule is CN(CCO)C(=O)C(C)(C)O. The first-order valence-corrected chi connectivity index (χ1v) is 3.48. The van der Waals surface area contributed by atoms with Crippen LogP contribution in [0.3, 0.4) is 0 Å². The molecule has 2 N–H and O–H groups in total. The van der Waals surface area contributed by atoms with Gasteiger partial charge >= 0.3 is 0 Å². The Balaban J connectivity index is 4.03. The van der Waals surface area contributed by atoms with Crippen LogP contribution in [0.4, 0.5) is 0 Å². The second-order valence-corrected chi connectivity index (χ2v) is 3.01. The van der Waals surface area contributed by atoms with Gasteiger partial charge in [-0.2, -0.15) is 0 Å². The maximum absolute atomic E-state index is 11.1. The Morgan fingerprint density at radius 1 is 1.55 bits per heavy atom. The number of aliphatic hydroxyl groups excluding tert-OH is 1. The van der Waals surface area contributed by atoms with Crippen LogP contribution in [0.2, 0.25) is 0 Å². The summed E-state index contributed by atoms with van der Waals surface area (Å²) < 4.78 is 0. The molecule has 4 nitrogen and oxygen atoms in total. The third kappa shape index (κ3) is 3.34. The Labute approximate surface area is 66.4 Å². The molecule has 0 aliphatic heterocycles. The first kappa shape index (κ1) is 10.4. The fourth-order valence-corrected chi connectivity index (χ4v) is 0.719. The molecule has 0 aromatic rings. The van der Waals surface area contributed by atoms with Crippen LogP contribution in [0, 0.1) is 0 Å². The molecule has 0 saturated heterocycles. The summed E-state index contributed by atoms with van der Waals surface area (Å²) >= 11 is 0. The van der Waals surface area contributed by atoms with Crippen LogP contribution in [0.1, 0.15) is 13.8 Å². The minimum Gasteiger partial charge on any atom is -0.395 e. The smallest absolute Gasteiger partial charge is 0.253 e. The standard InChI is InChI=1S/C7H15NO3/c1-7(2,11)6(10)8(3)4-5-9/h9,11H,4-5H2,1-3H3. The molecule has 0 aliphatic carbocycles. The Bertz CT molecular complexity index is 139. The second-order valence-electron chi connectivity index (χ2n) is 3.01. The normalized spacial score (nSPS) is 11.4. The molecule has 1 amide bonds. The molecule has 0 spiro atoms. The molecular weight excluding hydrogens is 146 g/mol. The van der Waals surface area contributed by atoms with Gasteiger partial charge in [0.25, 0.3) is 5.91 Å². The molecule has 0 bridgehead atoms. The topological polar surface area (TPSA) is 60.8 Å². The van der Waals surface area contributed by atoms with Crippen LogP contribution in [0.5, 0.6) is 0 Å². The first-order valence-electron chi connectivity index (χ1n) is 3.48. The van der Waals surface area contributed by atoms with Gasteiger partial charge in [-0.3, -0.25) is 4.79 Å². The number of carbonyl (C=O) groups is 1. The van der Waals surface area contributed by atoms with Crippen LogP contribution < -0.4 is 0 Å². The first-order chi connectivity index (χ1) is 4.89. The number of nitrogens with zero attached hydrogens (tertiary/aromatic N) is 1. The lowest BCUT2D eigenvalue weighted by atomic mass is 10.1. The zero-order chi connectivity index (χ0) is 9.07. The molecule has 0 unspecified atom stereocenters. The molecule has 0 fully saturated rings. The molecule has 0 heterocycles. The number of hydrogen-bond acceptors (Lipinski definition) is 3. The number of likely N-dealkylation sites (N-methyl/N-ethyl adjacent to an activating group) is 1. The van der Waals surface area contributed by atoms with Crippen molar-refractivity contribution in [2.24, 2.45) is 0 Å². The van der Waals surface area contributed by atoms with Gasteiger partial charge in [0.15, 0.2) is 0 Å². The molecule has 0 rings (SSSR count). The van der Waals surface area contributed by atoms with Crippen LogP contribution in [-0.2, 0) is 4.79 Å². The highest BCUT2D eigenvalue weighted by atomic mass is 16.3. The van der Waals surface area contributed by atoms with E-state index in [1.165, 1.54) is 25.8 Å². The Hall–Kier alpha value is -0.610. The summed E-state index contributed by atoms with van der Waals surface area (Å²) in [5.41, 5.74) is -1.34. The molecular formula is C7H15NO3. The molecule has 4 heteroatoms. The van der Waals surface area contributed by atoms with Crippen molar-refractivity contribution in [2.75, 3.05) is 20.2 Å². The minimum atomic E-state index is -1.34. The Morgan fingerprint density at radius 3 is 2.27 bits per heavy atom. The van der Waals surface area contributed by atoms with E-state index in [1.807, 2.05) is 0 Å². The number of hydrogen-bond donors (Lipinski definition) is 2. The van der Waals surface area contributed by atoms with Crippen LogP contribution in [0.25, 0.3) is 0 Å². The monoisotopic (exact) mass is 161 g/mol. The molecule has 0 saturated carbocycles. The van der Waals surface area contributed by atoms with E-state index in [2.05, 4.69) is 0 Å². The second kappa shape index (κ2) is 3.69. The predicted octanol–water partition coefficient (Wildman–Crippen LogP) is -0.792. The summed E-state index contributed by atoms with van der Waals surface area (Å²) in [7, 11) is 1.54. The highest BCUT2D eigenvalue weighted by Crippen LogP contribution is 2.04. The van der Waals surface area contributed by atoms with Crippen molar-refractivity contribution < 1.29 is 15.0 Å². The van der Waals surface area contributed by atoms with Crippen molar-refractivity contribution in [1.82, 2.24) is 4.90 Å². The summed E-state index contributed by atoms with van der Waals surface area (Å²) in [6, 6.07) is 0. The summed E-state index contributed by atoms with van der Waals surface area (Å²) in [6.45, 7) is 3.01. The van der Waals surface area contributed by atoms with Crippen LogP contribution in [0.15, 0.2) is 0 Å². The van der Waals surface area contributed by atoms with Gasteiger partial charge in [0.2, 0.25) is 0 Å². The van der Waals surface area contributed by atoms with Gasteiger partial charge in [-0.05, 0) is 13.8 Å². The fourth-order valence-electron chi connectivity index (χ4n) is 0.719. The van der Waals surface area contributed by atoms with Gasteiger partial charge in [-0.15, -0.1) is 0 Å². The van der Waals surface area contributed by atoms with Crippen molar-refractivity contribution >= 4 is 5.91 Å². The van der Waals surface area contributed by atoms with E-state index in [9.17, 15) is 9.90 Å². The third-order valence-corrected chi connectivity index (χ3v) is 1.31. The van der Waals surface area contributed by atoms with Gasteiger partial charge < -0.3 is 15.1 Å². The quantitative estimate of drug-likeness (QED) is 0.570. The molecule has 0 atom stereocenters. The molecule has 0 aromatic carbocycles. The third-order valence-electron chi connectivity index (χ3n) is 1.31. The van der Waals surface area contributed by atoms with E-state index in [-0.39, 0.29) is 19.1 Å². The highest BCUT2D eigenvalue weighted by Gasteiger charge is 2.26. The molecule has 66 valence electrons. The summed E-state index contributed by atoms with van der Waals surface area (Å²) in [5, 5.41) is 17.7. The van der Waals surface area contributed by atoms with E-state index >= 15 is 0 Å². The average molecular weight is 161 g/mol. The van der Waals surface area contributed by atoms with Gasteiger partial charge in [0.1, 0.15) is 5.60 Å². The lowest BCUT2D eigenvalue weighted by Gasteiger charge is -2.23. The lowest BCUT2D eigenvalue weighted by molar-refractivity contribution is -0.146. The van der Waals surface area contributed by atoms with E-state index in [0.29, 0.717) is 0 Å². The molecule has 11 heavy (non-hydrogen) atoms. The van der Waals surface area contributed by atoms with Crippen molar-refractivity contribution in [2.45, 2.75) is 19.4 Å². The van der Waals surface area contributed by atoms with E-state index < -0.39 is 5.60 Å². The fraction of sp³-hybridized carbons (Fsp3) is 0.857. The number of rotatable bonds is 3. The van der Waals surface area contributed by atoms with E-state index in [4.69, 9.17) is 5.11 Å². The number of carbonyl (C=O) groups excluding carboxylic acids is 1. The Morgan fingerprint density at radius 2 is 2.00 bits per heavy atom. The number of amides is 1. The van der Waals surface area contributed by atoms with Gasteiger partial charge in [-0.1, -0.05) is 0 Å². The van der Waals surface area contributed by atoms with Gasteiger partial charge in [-0.25, -0.2) is 0 Å². The van der Waals surface area contributed by atoms with E-state index in [0.717, 1.165) is 0 Å². The summed E-state index contributed by atoms with van der Waals surface area (Å²) in [6.07, 6.45) is 0. The minimum absolute atomic E-state index is 0.0850. The van der Waals surface area contributed by atoms with Gasteiger partial charge in [0.05, 0.1) is 6.61 Å². The van der Waals surface area contributed by atoms with Crippen molar-refractivity contribution in [1.29, 1.82) is 0 Å². The maximum Gasteiger partial charge on any atom is 0.253 e. The average Bonchev–Trinajstić information content (AvgIpc) is 1.85. The predicted molar refractivity (Wildman–Crippen MR) is 41.0 cm³/mol. The lowest BCUT2D eigenvalue weighted by Crippen LogP contribution is -2.44. The van der Waals surface area contributed by atoms with Crippen molar-refractivity contribution in [3.8, 4) is 0 Å². The summed E-state index contributed by atoms with van der Waals surface area (Å²) in [5.74, 6) is -0.383. The van der Waals surface area contributed by atoms with Crippen LogP contribution in [-0.4, -0.2) is 46.8 Å².